The minimum atomic E-state index is -5.39. The van der Waals surface area contributed by atoms with Crippen LogP contribution in [-0.2, 0) is 66.4 Å². The van der Waals surface area contributed by atoms with Crippen molar-refractivity contribution in [1.29, 1.82) is 0 Å². The number of oxime groups is 1. The Balaban J connectivity index is 1.65. The van der Waals surface area contributed by atoms with E-state index >= 15 is 4.39 Å². The minimum Gasteiger partial charge on any atom is -0.724 e. The number of benzene rings is 1. The van der Waals surface area contributed by atoms with Gasteiger partial charge in [0.15, 0.2) is 10.8 Å². The van der Waals surface area contributed by atoms with E-state index in [0.717, 1.165) is 17.4 Å². The van der Waals surface area contributed by atoms with Crippen molar-refractivity contribution in [3.63, 3.8) is 0 Å². The lowest BCUT2D eigenvalue weighted by Gasteiger charge is -2.51. The summed E-state index contributed by atoms with van der Waals surface area (Å²) in [4.78, 5) is 87.7. The van der Waals surface area contributed by atoms with E-state index in [-0.39, 0.29) is 51.7 Å². The average molecular weight is 1050 g/mol. The van der Waals surface area contributed by atoms with Crippen molar-refractivity contribution in [3.8, 4) is 16.9 Å². The van der Waals surface area contributed by atoms with Crippen LogP contribution >= 0.6 is 11.3 Å². The molecule has 0 saturated carbocycles. The zero-order valence-corrected chi connectivity index (χ0v) is 43.5. The molecule has 1 aromatic carbocycles. The lowest BCUT2D eigenvalue weighted by Crippen LogP contribution is -2.76. The van der Waals surface area contributed by atoms with Gasteiger partial charge in [-0.2, -0.15) is 24.1 Å². The number of anilines is 2. The van der Waals surface area contributed by atoms with Gasteiger partial charge in [0, 0.05) is 23.6 Å². The van der Waals surface area contributed by atoms with Crippen LogP contribution in [-0.4, -0.2) is 124 Å². The first-order valence-corrected chi connectivity index (χ1v) is 24.2. The summed E-state index contributed by atoms with van der Waals surface area (Å²) in [5.74, 6) is -4.15. The Hall–Kier alpha value is -6.91. The van der Waals surface area contributed by atoms with Gasteiger partial charge in [0.2, 0.25) is 10.4 Å². The van der Waals surface area contributed by atoms with Crippen LogP contribution in [0.2, 0.25) is 0 Å². The molecule has 72 heavy (non-hydrogen) atoms. The van der Waals surface area contributed by atoms with Gasteiger partial charge < -0.3 is 43.7 Å². The highest BCUT2D eigenvalue weighted by Gasteiger charge is 2.57. The molecule has 1 saturated heterocycles. The summed E-state index contributed by atoms with van der Waals surface area (Å²) >= 11 is 0.828. The third-order valence-electron chi connectivity index (χ3n) is 9.29. The number of aryl methyl sites for hydroxylation is 1. The van der Waals surface area contributed by atoms with Crippen molar-refractivity contribution < 1.29 is 83.6 Å². The highest BCUT2D eigenvalue weighted by Crippen LogP contribution is 2.34. The van der Waals surface area contributed by atoms with Gasteiger partial charge in [-0.05, 0) is 94.7 Å². The van der Waals surface area contributed by atoms with Crippen LogP contribution in [0.25, 0.3) is 11.1 Å². The van der Waals surface area contributed by atoms with Gasteiger partial charge in [0.25, 0.3) is 17.9 Å². The molecule has 3 heterocycles. The van der Waals surface area contributed by atoms with Gasteiger partial charge in [-0.15, -0.1) is 11.3 Å². The number of hydrogen-bond acceptors (Lipinski definition) is 19. The number of amides is 5. The maximum atomic E-state index is 16.2. The second-order valence-electron chi connectivity index (χ2n) is 19.2. The molecule has 2 aromatic heterocycles. The fourth-order valence-corrected chi connectivity index (χ4v) is 7.35. The number of nitrogens with one attached hydrogen (secondary N) is 4. The number of hydroxylamine groups is 2. The van der Waals surface area contributed by atoms with E-state index in [1.807, 2.05) is 0 Å². The largest absolute Gasteiger partial charge is 0.724 e. The number of alkyl carbamates (subject to hydrolysis) is 1. The highest BCUT2D eigenvalue weighted by atomic mass is 32.3. The van der Waals surface area contributed by atoms with Gasteiger partial charge in [-0.3, -0.25) is 14.9 Å². The number of carbonyl (C=O) groups excluding carboxylic acids is 6. The predicted octanol–water partition coefficient (Wildman–Crippen LogP) is 4.58. The van der Waals surface area contributed by atoms with Crippen LogP contribution in [0.4, 0.5) is 29.7 Å². The third kappa shape index (κ3) is 16.9. The van der Waals surface area contributed by atoms with Crippen molar-refractivity contribution in [2.24, 2.45) is 12.2 Å². The monoisotopic (exact) mass is 1050 g/mol. The Morgan fingerprint density at radius 2 is 1.62 bits per heavy atom. The molecule has 0 aliphatic carbocycles. The second kappa shape index (κ2) is 23.1. The highest BCUT2D eigenvalue weighted by molar-refractivity contribution is 7.80. The van der Waals surface area contributed by atoms with Gasteiger partial charge >= 0.3 is 30.1 Å². The van der Waals surface area contributed by atoms with Crippen LogP contribution in [0.3, 0.4) is 0 Å². The fourth-order valence-electron chi connectivity index (χ4n) is 6.23. The number of ether oxygens (including phenoxy) is 5. The quantitative estimate of drug-likeness (QED) is 0.0115. The van der Waals surface area contributed by atoms with E-state index in [4.69, 9.17) is 28.5 Å². The van der Waals surface area contributed by atoms with E-state index in [1.54, 1.807) is 84.9 Å². The molecule has 1 fully saturated rings. The molecule has 25 nitrogen and oxygen atoms in total. The van der Waals surface area contributed by atoms with Crippen molar-refractivity contribution in [2.75, 3.05) is 30.4 Å². The lowest BCUT2D eigenvalue weighted by atomic mass is 9.84. The molecule has 0 spiro atoms. The summed E-state index contributed by atoms with van der Waals surface area (Å²) in [5.41, 5.74) is -4.98. The number of halogens is 1. The van der Waals surface area contributed by atoms with Gasteiger partial charge in [-0.1, -0.05) is 17.8 Å². The third-order valence-corrected chi connectivity index (χ3v) is 10.4. The zero-order chi connectivity index (χ0) is 54.1. The fraction of sp³-hybridized carbons (Fsp3) is 0.523. The van der Waals surface area contributed by atoms with E-state index < -0.39 is 99.1 Å². The van der Waals surface area contributed by atoms with Gasteiger partial charge in [0.05, 0.1) is 23.8 Å². The van der Waals surface area contributed by atoms with Crippen LogP contribution in [0.5, 0.6) is 5.75 Å². The van der Waals surface area contributed by atoms with E-state index in [2.05, 4.69) is 42.3 Å². The molecule has 0 bridgehead atoms. The lowest BCUT2D eigenvalue weighted by molar-refractivity contribution is -0.740. The van der Waals surface area contributed by atoms with Crippen LogP contribution in [0, 0.1) is 5.82 Å². The Morgan fingerprint density at radius 3 is 2.21 bits per heavy atom. The van der Waals surface area contributed by atoms with Crippen LogP contribution in [0.15, 0.2) is 47.6 Å². The first-order valence-electron chi connectivity index (χ1n) is 21.9. The molecule has 4 rings (SSSR count). The SMILES string of the molecule is C=CCOC(=O)Nc1c(-c2ccc(OCC(O/N=C(\C(=O)N[C@@H]3C(=O)N(OS(=O)(=O)[O-])C3(C)C)c3csc(NC(=O)OC(C)(C)C)n3)C(=O)OC(C)(C)C)cc2F)cn(CCCNC(=O)OC(C)(C)C)[n+]1C. The van der Waals surface area contributed by atoms with E-state index in [9.17, 15) is 41.7 Å². The van der Waals surface area contributed by atoms with Crippen LogP contribution in [0.1, 0.15) is 88.3 Å². The maximum absolute atomic E-state index is 16.2. The van der Waals surface area contributed by atoms with Gasteiger partial charge in [0.1, 0.15) is 60.4 Å². The summed E-state index contributed by atoms with van der Waals surface area (Å²) in [6.07, 6.45) is -0.761. The minimum absolute atomic E-state index is 0.00375. The Morgan fingerprint density at radius 1 is 0.986 bits per heavy atom. The van der Waals surface area contributed by atoms with Crippen molar-refractivity contribution in [2.45, 2.75) is 124 Å². The van der Waals surface area contributed by atoms with Gasteiger partial charge in [-0.25, -0.2) is 36.9 Å². The number of β-lactam (4-membered cyclic amide) rings is 1. The maximum Gasteiger partial charge on any atom is 0.505 e. The summed E-state index contributed by atoms with van der Waals surface area (Å²) in [6, 6.07) is 2.23. The molecule has 1 aliphatic heterocycles. The molecule has 28 heteroatoms. The summed E-state index contributed by atoms with van der Waals surface area (Å²) in [7, 11) is -3.77. The zero-order valence-electron chi connectivity index (χ0n) is 41.8. The number of carbonyl (C=O) groups is 6. The van der Waals surface area contributed by atoms with Crippen molar-refractivity contribution >= 4 is 74.5 Å². The topological polar surface area (TPSA) is 310 Å². The molecule has 1 unspecified atom stereocenters. The van der Waals surface area contributed by atoms with Crippen molar-refractivity contribution in [3.05, 3.63) is 53.9 Å². The molecular weight excluding hydrogens is 994 g/mol. The van der Waals surface area contributed by atoms with Crippen molar-refractivity contribution in [1.82, 2.24) is 25.4 Å². The standard InChI is InChI=1S/C44H60FN9O16S2/c1-14-20-64-39(59)49-33-27(22-53(52(33)13)19-15-18-46-38(58)67-42(5,6)7)26-17-16-25(21-28(26)45)65-23-30(36(57)66-41(2,3)4)69-51-31(29-24-71-37(47-29)50-40(60)68-43(8,9)10)34(55)48-32-35(56)54(44(32,11)12)70-72(61,62)63/h14,16-17,21-22,24,30,32H,1,15,18-20,23H2,2-13H3,(H4,46,47,48,50,55,58,60,61,62,63)/b51-31-/t30?,32-/m1/s1. The first kappa shape index (κ1) is 57.7. The average Bonchev–Trinajstić information content (AvgIpc) is 3.81. The molecule has 1 aliphatic rings. The number of nitrogens with zero attached hydrogens (tertiary/aromatic N) is 5. The summed E-state index contributed by atoms with van der Waals surface area (Å²) in [5, 5.41) is 15.5. The first-order chi connectivity index (χ1) is 33.2. The number of esters is 1. The molecular formula is C44H60FN9O16S2. The van der Waals surface area contributed by atoms with E-state index in [1.165, 1.54) is 37.4 Å². The smallest absolute Gasteiger partial charge is 0.505 e. The molecule has 3 aromatic rings. The molecule has 4 N–H and O–H groups in total. The number of rotatable bonds is 20. The molecule has 2 atom stereocenters. The number of thiazole rings is 1. The summed E-state index contributed by atoms with van der Waals surface area (Å²) < 4.78 is 84.6. The predicted molar refractivity (Wildman–Crippen MR) is 253 cm³/mol. The van der Waals surface area contributed by atoms with Crippen LogP contribution < -0.4 is 30.7 Å². The normalized spacial score (nSPS) is 15.3. The Kier molecular flexibility index (Phi) is 18.5. The molecule has 396 valence electrons. The Bertz CT molecular complexity index is 2670. The molecule has 0 radical (unpaired) electrons. The number of hydrogen-bond donors (Lipinski definition) is 4. The number of aromatic nitrogens is 3. The molecule has 5 amide bonds. The summed E-state index contributed by atoms with van der Waals surface area (Å²) in [6.45, 7) is 20.6. The Labute approximate surface area is 419 Å². The second-order valence-corrected chi connectivity index (χ2v) is 21.1. The van der Waals surface area contributed by atoms with E-state index in [0.29, 0.717) is 13.0 Å².